The number of hydrogen-bond donors (Lipinski definition) is 1. The van der Waals surface area contributed by atoms with Crippen molar-refractivity contribution in [1.29, 1.82) is 0 Å². The third-order valence-corrected chi connectivity index (χ3v) is 3.80. The Hall–Kier alpha value is -2.02. The van der Waals surface area contributed by atoms with Crippen molar-refractivity contribution in [3.05, 3.63) is 30.1 Å². The molecule has 2 heterocycles. The molecule has 0 unspecified atom stereocenters. The zero-order chi connectivity index (χ0) is 17.2. The second kappa shape index (κ2) is 6.62. The van der Waals surface area contributed by atoms with E-state index in [1.807, 2.05) is 55.8 Å². The summed E-state index contributed by atoms with van der Waals surface area (Å²) in [6.07, 6.45) is 3.79. The number of nitrogens with one attached hydrogen (secondary N) is 1. The topological polar surface area (TPSA) is 66.7 Å². The summed E-state index contributed by atoms with van der Waals surface area (Å²) in [6, 6.07) is 5.61. The molecule has 2 amide bonds. The molecule has 7 heteroatoms. The second-order valence-corrected chi connectivity index (χ2v) is 7.14. The number of rotatable bonds is 4. The smallest absolute Gasteiger partial charge is 0.274 e. The van der Waals surface area contributed by atoms with Gasteiger partial charge in [-0.05, 0) is 39.2 Å². The molecule has 2 aromatic heterocycles. The van der Waals surface area contributed by atoms with Crippen LogP contribution in [0.15, 0.2) is 29.6 Å². The Labute approximate surface area is 140 Å². The lowest BCUT2D eigenvalue weighted by Gasteiger charge is -2.23. The van der Waals surface area contributed by atoms with Gasteiger partial charge in [0.2, 0.25) is 5.91 Å². The Morgan fingerprint density at radius 2 is 2.04 bits per heavy atom. The molecule has 0 radical (unpaired) electrons. The molecule has 0 bridgehead atoms. The second-order valence-electron chi connectivity index (χ2n) is 6.36. The van der Waals surface area contributed by atoms with E-state index < -0.39 is 0 Å². The zero-order valence-electron chi connectivity index (χ0n) is 14.1. The number of aromatic nitrogens is 2. The van der Waals surface area contributed by atoms with Crippen LogP contribution in [0.25, 0.3) is 5.52 Å². The zero-order valence-corrected chi connectivity index (χ0v) is 14.9. The van der Waals surface area contributed by atoms with Crippen LogP contribution in [0.3, 0.4) is 0 Å². The standard InChI is InChI=1S/C16H22N4O2S/c1-16(2,3)18-12(21)10-19(4)14(22)13-11-8-6-7-9-20(11)15(17-13)23-5/h6-9H,10H2,1-5H3,(H,18,21). The van der Waals surface area contributed by atoms with E-state index in [-0.39, 0.29) is 23.9 Å². The average molecular weight is 334 g/mol. The van der Waals surface area contributed by atoms with E-state index in [0.29, 0.717) is 5.69 Å². The van der Waals surface area contributed by atoms with Gasteiger partial charge in [-0.25, -0.2) is 4.98 Å². The highest BCUT2D eigenvalue weighted by Gasteiger charge is 2.23. The highest BCUT2D eigenvalue weighted by atomic mass is 32.2. The highest BCUT2D eigenvalue weighted by Crippen LogP contribution is 2.20. The van der Waals surface area contributed by atoms with Crippen LogP contribution in [0.2, 0.25) is 0 Å². The number of likely N-dealkylation sites (N-methyl/N-ethyl adjacent to an activating group) is 1. The Balaban J connectivity index is 2.22. The molecular weight excluding hydrogens is 312 g/mol. The minimum absolute atomic E-state index is 0.00341. The van der Waals surface area contributed by atoms with Crippen molar-refractivity contribution < 1.29 is 9.59 Å². The van der Waals surface area contributed by atoms with Crippen LogP contribution in [0, 0.1) is 0 Å². The molecule has 1 N–H and O–H groups in total. The van der Waals surface area contributed by atoms with Crippen molar-refractivity contribution in [3.8, 4) is 0 Å². The monoisotopic (exact) mass is 334 g/mol. The molecule has 0 atom stereocenters. The number of carbonyl (C=O) groups excluding carboxylic acids is 2. The average Bonchev–Trinajstić information content (AvgIpc) is 2.83. The number of pyridine rings is 1. The van der Waals surface area contributed by atoms with Crippen LogP contribution in [0.4, 0.5) is 0 Å². The molecule has 0 fully saturated rings. The van der Waals surface area contributed by atoms with Crippen molar-refractivity contribution in [2.24, 2.45) is 0 Å². The molecule has 0 saturated carbocycles. The molecule has 6 nitrogen and oxygen atoms in total. The van der Waals surface area contributed by atoms with Gasteiger partial charge < -0.3 is 10.2 Å². The Bertz CT molecular complexity index is 733. The number of carbonyl (C=O) groups is 2. The van der Waals surface area contributed by atoms with E-state index in [1.165, 1.54) is 16.7 Å². The van der Waals surface area contributed by atoms with Crippen LogP contribution < -0.4 is 5.32 Å². The molecule has 0 aliphatic heterocycles. The van der Waals surface area contributed by atoms with Crippen molar-refractivity contribution in [2.45, 2.75) is 31.5 Å². The molecule has 0 aliphatic rings. The van der Waals surface area contributed by atoms with Gasteiger partial charge in [0.25, 0.3) is 5.91 Å². The fourth-order valence-electron chi connectivity index (χ4n) is 2.24. The van der Waals surface area contributed by atoms with Gasteiger partial charge in [-0.3, -0.25) is 14.0 Å². The number of amides is 2. The number of imidazole rings is 1. The van der Waals surface area contributed by atoms with Crippen LogP contribution in [0.5, 0.6) is 0 Å². The van der Waals surface area contributed by atoms with Gasteiger partial charge in [0.1, 0.15) is 0 Å². The van der Waals surface area contributed by atoms with Gasteiger partial charge in [-0.1, -0.05) is 17.8 Å². The quantitative estimate of drug-likeness (QED) is 0.869. The normalized spacial score (nSPS) is 11.5. The fraction of sp³-hybridized carbons (Fsp3) is 0.438. The molecule has 0 spiro atoms. The number of hydrogen-bond acceptors (Lipinski definition) is 4. The molecule has 2 rings (SSSR count). The Morgan fingerprint density at radius 1 is 1.35 bits per heavy atom. The maximum atomic E-state index is 12.6. The van der Waals surface area contributed by atoms with Crippen LogP contribution in [0.1, 0.15) is 31.3 Å². The molecule has 0 aromatic carbocycles. The van der Waals surface area contributed by atoms with E-state index in [2.05, 4.69) is 10.3 Å². The molecule has 2 aromatic rings. The highest BCUT2D eigenvalue weighted by molar-refractivity contribution is 7.98. The molecule has 0 aliphatic carbocycles. The lowest BCUT2D eigenvalue weighted by Crippen LogP contribution is -2.46. The predicted octanol–water partition coefficient (Wildman–Crippen LogP) is 2.04. The summed E-state index contributed by atoms with van der Waals surface area (Å²) >= 11 is 1.47. The van der Waals surface area contributed by atoms with E-state index in [9.17, 15) is 9.59 Å². The van der Waals surface area contributed by atoms with Gasteiger partial charge in [0.05, 0.1) is 12.1 Å². The van der Waals surface area contributed by atoms with E-state index in [0.717, 1.165) is 10.7 Å². The van der Waals surface area contributed by atoms with Gasteiger partial charge in [0.15, 0.2) is 10.9 Å². The van der Waals surface area contributed by atoms with Crippen LogP contribution in [-0.4, -0.2) is 51.5 Å². The van der Waals surface area contributed by atoms with Crippen molar-refractivity contribution in [1.82, 2.24) is 19.6 Å². The van der Waals surface area contributed by atoms with E-state index in [1.54, 1.807) is 7.05 Å². The summed E-state index contributed by atoms with van der Waals surface area (Å²) in [5, 5.41) is 3.59. The minimum Gasteiger partial charge on any atom is -0.350 e. The Morgan fingerprint density at radius 3 is 2.65 bits per heavy atom. The van der Waals surface area contributed by atoms with Crippen LogP contribution >= 0.6 is 11.8 Å². The molecule has 124 valence electrons. The Kier molecular flexibility index (Phi) is 4.99. The van der Waals surface area contributed by atoms with Crippen LogP contribution in [-0.2, 0) is 4.79 Å². The first-order valence-electron chi connectivity index (χ1n) is 7.30. The lowest BCUT2D eigenvalue weighted by molar-refractivity contribution is -0.122. The number of nitrogens with zero attached hydrogens (tertiary/aromatic N) is 3. The summed E-state index contributed by atoms with van der Waals surface area (Å²) in [5.41, 5.74) is 0.777. The third kappa shape index (κ3) is 4.04. The summed E-state index contributed by atoms with van der Waals surface area (Å²) < 4.78 is 1.88. The fourth-order valence-corrected chi connectivity index (χ4v) is 2.78. The first-order chi connectivity index (χ1) is 10.7. The number of thioether (sulfide) groups is 1. The van der Waals surface area contributed by atoms with Gasteiger partial charge in [-0.2, -0.15) is 0 Å². The lowest BCUT2D eigenvalue weighted by atomic mass is 10.1. The van der Waals surface area contributed by atoms with Gasteiger partial charge in [-0.15, -0.1) is 0 Å². The van der Waals surface area contributed by atoms with Crippen molar-refractivity contribution in [2.75, 3.05) is 19.8 Å². The minimum atomic E-state index is -0.325. The predicted molar refractivity (Wildman–Crippen MR) is 91.8 cm³/mol. The first-order valence-corrected chi connectivity index (χ1v) is 8.53. The van der Waals surface area contributed by atoms with E-state index >= 15 is 0 Å². The van der Waals surface area contributed by atoms with Gasteiger partial charge >= 0.3 is 0 Å². The maximum absolute atomic E-state index is 12.6. The molecule has 23 heavy (non-hydrogen) atoms. The first kappa shape index (κ1) is 17.3. The van der Waals surface area contributed by atoms with E-state index in [4.69, 9.17) is 0 Å². The van der Waals surface area contributed by atoms with Gasteiger partial charge in [0, 0.05) is 18.8 Å². The van der Waals surface area contributed by atoms with Crippen molar-refractivity contribution >= 4 is 29.1 Å². The number of fused-ring (bicyclic) bond motifs is 1. The molecular formula is C16H22N4O2S. The summed E-state index contributed by atoms with van der Waals surface area (Å²) in [7, 11) is 1.61. The molecule has 0 saturated heterocycles. The largest absolute Gasteiger partial charge is 0.350 e. The maximum Gasteiger partial charge on any atom is 0.274 e. The summed E-state index contributed by atoms with van der Waals surface area (Å²) in [5.74, 6) is -0.458. The van der Waals surface area contributed by atoms with Crippen molar-refractivity contribution in [3.63, 3.8) is 0 Å². The SMILES string of the molecule is CSc1nc(C(=O)N(C)CC(=O)NC(C)(C)C)c2ccccn12. The third-order valence-electron chi connectivity index (χ3n) is 3.14. The summed E-state index contributed by atoms with van der Waals surface area (Å²) in [4.78, 5) is 30.4. The summed E-state index contributed by atoms with van der Waals surface area (Å²) in [6.45, 7) is 5.71.